The molecule has 0 aliphatic rings. The van der Waals surface area contributed by atoms with E-state index in [4.69, 9.17) is 8.85 Å². The number of carboxylic acids is 2. The van der Waals surface area contributed by atoms with Gasteiger partial charge in [0.25, 0.3) is 0 Å². The number of hydrogen-bond acceptors (Lipinski definition) is 4. The predicted octanol–water partition coefficient (Wildman–Crippen LogP) is 8.34. The lowest BCUT2D eigenvalue weighted by molar-refractivity contribution is -0.148. The lowest BCUT2D eigenvalue weighted by atomic mass is 9.83. The van der Waals surface area contributed by atoms with Gasteiger partial charge in [0, 0.05) is 5.22 Å². The first-order valence-electron chi connectivity index (χ1n) is 13.6. The quantitative estimate of drug-likeness (QED) is 0.202. The van der Waals surface area contributed by atoms with E-state index >= 15 is 0 Å². The van der Waals surface area contributed by atoms with Crippen molar-refractivity contribution in [1.82, 2.24) is 0 Å². The third-order valence-electron chi connectivity index (χ3n) is 10.2. The summed E-state index contributed by atoms with van der Waals surface area (Å²) >= 11 is 0. The van der Waals surface area contributed by atoms with Crippen LogP contribution < -0.4 is 0 Å². The van der Waals surface area contributed by atoms with Crippen molar-refractivity contribution >= 4 is 36.6 Å². The molecule has 2 N–H and O–H groups in total. The minimum Gasteiger partial charge on any atom is -0.481 e. The standard InChI is InChI=1S/C28H60O6Si3/c1-23(2,21(29)30)19-25(5,6)35(13,14)27(9,10)33-37(17,18)28(11,12)34-36(15,16)26(7,8)20-24(3,4)22(31)32/h19-20H2,1-18H3,(H,29,30)(H,31,32). The number of hydrogen-bond donors (Lipinski definition) is 2. The molecule has 0 fully saturated rings. The Morgan fingerprint density at radius 3 is 1.16 bits per heavy atom. The summed E-state index contributed by atoms with van der Waals surface area (Å²) in [5.41, 5.74) is -1.65. The lowest BCUT2D eigenvalue weighted by Crippen LogP contribution is -2.68. The van der Waals surface area contributed by atoms with Gasteiger partial charge in [0.2, 0.25) is 8.32 Å². The molecule has 0 atom stereocenters. The fourth-order valence-electron chi connectivity index (χ4n) is 5.40. The Morgan fingerprint density at radius 1 is 0.541 bits per heavy atom. The first-order valence-corrected chi connectivity index (χ1v) is 22.4. The molecule has 0 spiro atoms. The van der Waals surface area contributed by atoms with E-state index in [9.17, 15) is 19.8 Å². The Labute approximate surface area is 231 Å². The summed E-state index contributed by atoms with van der Waals surface area (Å²) in [5, 5.41) is 18.1. The highest BCUT2D eigenvalue weighted by Gasteiger charge is 2.58. The van der Waals surface area contributed by atoms with Crippen LogP contribution in [0.25, 0.3) is 0 Å². The molecule has 0 amide bonds. The molecule has 0 unspecified atom stereocenters. The number of aliphatic carboxylic acids is 2. The zero-order valence-electron chi connectivity index (χ0n) is 27.4. The normalized spacial score (nSPS) is 15.6. The molecule has 0 saturated carbocycles. The van der Waals surface area contributed by atoms with Gasteiger partial charge in [-0.25, -0.2) is 0 Å². The molecule has 9 heteroatoms. The topological polar surface area (TPSA) is 93.1 Å². The van der Waals surface area contributed by atoms with Crippen LogP contribution in [0.15, 0.2) is 0 Å². The van der Waals surface area contributed by atoms with E-state index in [1.807, 2.05) is 13.8 Å². The van der Waals surface area contributed by atoms with Gasteiger partial charge < -0.3 is 19.1 Å². The summed E-state index contributed by atoms with van der Waals surface area (Å²) in [4.78, 5) is 23.8. The molecule has 0 saturated heterocycles. The largest absolute Gasteiger partial charge is 0.481 e. The third kappa shape index (κ3) is 7.80. The zero-order valence-corrected chi connectivity index (χ0v) is 30.4. The van der Waals surface area contributed by atoms with Gasteiger partial charge in [0.1, 0.15) is 0 Å². The van der Waals surface area contributed by atoms with Crippen LogP contribution in [0, 0.1) is 10.8 Å². The third-order valence-corrected chi connectivity index (χ3v) is 25.8. The summed E-state index contributed by atoms with van der Waals surface area (Å²) in [6, 6.07) is 0. The summed E-state index contributed by atoms with van der Waals surface area (Å²) in [6.45, 7) is 38.0. The summed E-state index contributed by atoms with van der Waals surface area (Å²) in [6.07, 6.45) is 1.11. The van der Waals surface area contributed by atoms with E-state index in [0.717, 1.165) is 0 Å². The maximum Gasteiger partial charge on any atom is 0.309 e. The van der Waals surface area contributed by atoms with Crippen molar-refractivity contribution in [2.24, 2.45) is 10.8 Å². The molecular weight excluding hydrogens is 517 g/mol. The second-order valence-electron chi connectivity index (χ2n) is 16.4. The summed E-state index contributed by atoms with van der Waals surface area (Å²) in [7, 11) is -7.09. The Bertz CT molecular complexity index is 852. The molecular formula is C28H60O6Si3. The van der Waals surface area contributed by atoms with Crippen molar-refractivity contribution in [3.8, 4) is 0 Å². The van der Waals surface area contributed by atoms with Crippen LogP contribution in [0.5, 0.6) is 0 Å². The fourth-order valence-corrected chi connectivity index (χ4v) is 15.4. The van der Waals surface area contributed by atoms with Crippen molar-refractivity contribution < 1.29 is 28.7 Å². The van der Waals surface area contributed by atoms with Crippen LogP contribution in [-0.4, -0.2) is 57.3 Å². The molecule has 0 radical (unpaired) electrons. The van der Waals surface area contributed by atoms with Crippen molar-refractivity contribution in [2.45, 2.75) is 156 Å². The average molecular weight is 577 g/mol. The predicted molar refractivity (Wildman–Crippen MR) is 163 cm³/mol. The fraction of sp³-hybridized carbons (Fsp3) is 0.929. The van der Waals surface area contributed by atoms with E-state index in [0.29, 0.717) is 12.8 Å². The van der Waals surface area contributed by atoms with Gasteiger partial charge in [0.15, 0.2) is 8.32 Å². The second kappa shape index (κ2) is 10.5. The molecule has 0 aliphatic carbocycles. The highest BCUT2D eigenvalue weighted by atomic mass is 28.4. The summed E-state index contributed by atoms with van der Waals surface area (Å²) in [5.74, 6) is -1.56. The van der Waals surface area contributed by atoms with Crippen molar-refractivity contribution in [1.29, 1.82) is 0 Å². The van der Waals surface area contributed by atoms with Crippen molar-refractivity contribution in [3.63, 3.8) is 0 Å². The van der Waals surface area contributed by atoms with Gasteiger partial charge in [-0.3, -0.25) is 9.59 Å². The van der Waals surface area contributed by atoms with E-state index in [2.05, 4.69) is 94.7 Å². The van der Waals surface area contributed by atoms with Crippen LogP contribution in [0.3, 0.4) is 0 Å². The molecule has 0 aliphatic heterocycles. The molecule has 0 aromatic rings. The van der Waals surface area contributed by atoms with Crippen LogP contribution in [0.1, 0.15) is 95.9 Å². The molecule has 220 valence electrons. The first kappa shape index (κ1) is 36.5. The Kier molecular flexibility index (Phi) is 10.3. The monoisotopic (exact) mass is 576 g/mol. The molecule has 0 bridgehead atoms. The maximum absolute atomic E-state index is 11.9. The molecule has 0 aromatic carbocycles. The van der Waals surface area contributed by atoms with Gasteiger partial charge in [-0.05, 0) is 104 Å². The van der Waals surface area contributed by atoms with Gasteiger partial charge in [-0.15, -0.1) is 0 Å². The number of rotatable bonds is 14. The molecule has 0 heterocycles. The number of carbonyl (C=O) groups is 2. The molecule has 6 nitrogen and oxygen atoms in total. The van der Waals surface area contributed by atoms with Crippen LogP contribution in [0.4, 0.5) is 0 Å². The van der Waals surface area contributed by atoms with E-state index in [1.54, 1.807) is 13.8 Å². The minimum absolute atomic E-state index is 0.188. The van der Waals surface area contributed by atoms with Gasteiger partial charge in [-0.1, -0.05) is 40.8 Å². The van der Waals surface area contributed by atoms with Gasteiger partial charge >= 0.3 is 11.9 Å². The highest BCUT2D eigenvalue weighted by Crippen LogP contribution is 2.53. The Balaban J connectivity index is 6.15. The summed E-state index contributed by atoms with van der Waals surface area (Å²) < 4.78 is 14.2. The second-order valence-corrected chi connectivity index (χ2v) is 31.2. The first-order chi connectivity index (χ1) is 15.7. The smallest absolute Gasteiger partial charge is 0.309 e. The van der Waals surface area contributed by atoms with Gasteiger partial charge in [-0.2, -0.15) is 0 Å². The van der Waals surface area contributed by atoms with Crippen LogP contribution in [-0.2, 0) is 18.4 Å². The van der Waals surface area contributed by atoms with E-state index < -0.39 is 57.9 Å². The van der Waals surface area contributed by atoms with Crippen LogP contribution in [0.2, 0.25) is 49.4 Å². The van der Waals surface area contributed by atoms with Crippen molar-refractivity contribution in [3.05, 3.63) is 0 Å². The maximum atomic E-state index is 11.9. The van der Waals surface area contributed by atoms with E-state index in [-0.39, 0.29) is 10.1 Å². The van der Waals surface area contributed by atoms with Crippen molar-refractivity contribution in [2.75, 3.05) is 0 Å². The highest BCUT2D eigenvalue weighted by molar-refractivity contribution is 6.85. The van der Waals surface area contributed by atoms with E-state index in [1.165, 1.54) is 0 Å². The minimum atomic E-state index is -2.49. The average Bonchev–Trinajstić information content (AvgIpc) is 2.57. The lowest BCUT2D eigenvalue weighted by Gasteiger charge is -2.57. The Hall–Kier alpha value is -0.489. The SMILES string of the molecule is CC(C)(CC(C)(C)[Si](C)(C)OC(C)(C)[Si](C)(C)OC(C)(C)[Si](C)(C)C(C)(C)CC(C)(C)C(=O)O)C(=O)O. The molecule has 0 aromatic heterocycles. The molecule has 37 heavy (non-hydrogen) atoms. The number of carboxylic acid groups (broad SMARTS) is 2. The Morgan fingerprint density at radius 2 is 0.838 bits per heavy atom. The zero-order chi connectivity index (χ0) is 30.5. The van der Waals surface area contributed by atoms with Gasteiger partial charge in [0.05, 0.1) is 24.1 Å². The van der Waals surface area contributed by atoms with Crippen LogP contribution >= 0.6 is 0 Å². The molecule has 0 rings (SSSR count).